The lowest BCUT2D eigenvalue weighted by Gasteiger charge is -2.18. The van der Waals surface area contributed by atoms with Gasteiger partial charge in [-0.1, -0.05) is 279 Å². The van der Waals surface area contributed by atoms with Crippen molar-refractivity contribution < 1.29 is 23.8 Å². The molecule has 0 aromatic carbocycles. The van der Waals surface area contributed by atoms with Gasteiger partial charge in [-0.3, -0.25) is 9.59 Å². The predicted molar refractivity (Wildman–Crippen MR) is 316 cm³/mol. The molecule has 0 heterocycles. The number of rotatable bonds is 57. The molecule has 72 heavy (non-hydrogen) atoms. The Morgan fingerprint density at radius 3 is 1.03 bits per heavy atom. The van der Waals surface area contributed by atoms with Crippen molar-refractivity contribution in [3.05, 3.63) is 85.1 Å². The number of carbonyl (C=O) groups excluding carboxylic acids is 2. The van der Waals surface area contributed by atoms with E-state index in [0.29, 0.717) is 19.4 Å². The van der Waals surface area contributed by atoms with Crippen LogP contribution in [0.2, 0.25) is 0 Å². The van der Waals surface area contributed by atoms with Gasteiger partial charge < -0.3 is 14.2 Å². The molecule has 1 atom stereocenters. The first kappa shape index (κ1) is 69.1. The third-order valence-electron chi connectivity index (χ3n) is 13.4. The Bertz CT molecular complexity index is 1320. The molecule has 0 aromatic rings. The molecule has 0 radical (unpaired) electrons. The summed E-state index contributed by atoms with van der Waals surface area (Å²) in [5.41, 5.74) is 0. The molecule has 0 fully saturated rings. The summed E-state index contributed by atoms with van der Waals surface area (Å²) in [6.45, 7) is 7.69. The Morgan fingerprint density at radius 2 is 0.625 bits per heavy atom. The molecule has 0 saturated carbocycles. The lowest BCUT2D eigenvalue weighted by atomic mass is 10.0. The van der Waals surface area contributed by atoms with E-state index in [1.54, 1.807) is 0 Å². The normalized spacial score (nSPS) is 12.8. The fraction of sp³-hybridized carbons (Fsp3) is 0.761. The maximum Gasteiger partial charge on any atom is 0.306 e. The van der Waals surface area contributed by atoms with Crippen LogP contribution in [0.3, 0.4) is 0 Å². The number of esters is 2. The second-order valence-corrected chi connectivity index (χ2v) is 20.6. The Kier molecular flexibility index (Phi) is 59.8. The average molecular weight is 1000 g/mol. The predicted octanol–water partition coefficient (Wildman–Crippen LogP) is 21.6. The summed E-state index contributed by atoms with van der Waals surface area (Å²) in [6.07, 6.45) is 83.2. The smallest absolute Gasteiger partial charge is 0.306 e. The van der Waals surface area contributed by atoms with Crippen molar-refractivity contribution in [2.24, 2.45) is 0 Å². The van der Waals surface area contributed by atoms with E-state index in [1.807, 2.05) is 0 Å². The zero-order chi connectivity index (χ0) is 52.0. The van der Waals surface area contributed by atoms with Gasteiger partial charge in [0, 0.05) is 19.4 Å². The Labute approximate surface area is 448 Å². The minimum Gasteiger partial charge on any atom is -0.462 e. The molecule has 0 saturated heterocycles. The maximum absolute atomic E-state index is 12.9. The molecule has 0 aromatic heterocycles. The highest BCUT2D eigenvalue weighted by Gasteiger charge is 2.17. The highest BCUT2D eigenvalue weighted by atomic mass is 16.6. The summed E-state index contributed by atoms with van der Waals surface area (Å²) in [4.78, 5) is 25.6. The van der Waals surface area contributed by atoms with E-state index >= 15 is 0 Å². The van der Waals surface area contributed by atoms with Gasteiger partial charge in [-0.05, 0) is 96.3 Å². The number of hydrogen-bond acceptors (Lipinski definition) is 5. The molecular formula is C67H118O5. The summed E-state index contributed by atoms with van der Waals surface area (Å²) in [7, 11) is 0. The molecule has 416 valence electrons. The Balaban J connectivity index is 4.32. The number of hydrogen-bond donors (Lipinski definition) is 0. The van der Waals surface area contributed by atoms with Gasteiger partial charge in [0.1, 0.15) is 6.61 Å². The van der Waals surface area contributed by atoms with E-state index in [1.165, 1.54) is 180 Å². The van der Waals surface area contributed by atoms with Crippen molar-refractivity contribution in [1.29, 1.82) is 0 Å². The summed E-state index contributed by atoms with van der Waals surface area (Å²) in [5.74, 6) is -0.407. The highest BCUT2D eigenvalue weighted by molar-refractivity contribution is 5.70. The van der Waals surface area contributed by atoms with Gasteiger partial charge in [0.2, 0.25) is 0 Å². The minimum atomic E-state index is -0.551. The number of unbranched alkanes of at least 4 members (excludes halogenated alkanes) is 32. The number of ether oxygens (including phenoxy) is 3. The fourth-order valence-corrected chi connectivity index (χ4v) is 8.80. The Morgan fingerprint density at radius 1 is 0.319 bits per heavy atom. The summed E-state index contributed by atoms with van der Waals surface area (Å²) in [5, 5.41) is 0. The molecule has 0 spiro atoms. The third kappa shape index (κ3) is 59.6. The molecule has 0 aliphatic carbocycles. The van der Waals surface area contributed by atoms with E-state index < -0.39 is 6.10 Å². The minimum absolute atomic E-state index is 0.0731. The zero-order valence-electron chi connectivity index (χ0n) is 47.9. The van der Waals surface area contributed by atoms with Crippen LogP contribution in [-0.2, 0) is 23.8 Å². The molecule has 0 amide bonds. The van der Waals surface area contributed by atoms with Gasteiger partial charge in [0.25, 0.3) is 0 Å². The van der Waals surface area contributed by atoms with Crippen LogP contribution >= 0.6 is 0 Å². The lowest BCUT2D eigenvalue weighted by molar-refractivity contribution is -0.163. The van der Waals surface area contributed by atoms with Crippen LogP contribution in [0.15, 0.2) is 85.1 Å². The van der Waals surface area contributed by atoms with Crippen molar-refractivity contribution in [2.45, 2.75) is 309 Å². The summed E-state index contributed by atoms with van der Waals surface area (Å²) < 4.78 is 17.5. The Hall–Kier alpha value is -2.92. The molecule has 0 N–H and O–H groups in total. The van der Waals surface area contributed by atoms with Gasteiger partial charge in [-0.2, -0.15) is 0 Å². The molecule has 0 bridgehead atoms. The van der Waals surface area contributed by atoms with Gasteiger partial charge >= 0.3 is 11.9 Å². The second kappa shape index (κ2) is 62.4. The van der Waals surface area contributed by atoms with Crippen LogP contribution in [0, 0.1) is 0 Å². The SMILES string of the molecule is CC/C=C\C/C=C\C/C=C\C/C=C\CCCCCCCCC(=O)OCC(COCCCCCCCCC/C=C\C/C=C\C/C=C\CCCCC)OC(=O)CCCCCCCCCCCCCCCCCCC. The molecular weight excluding hydrogens is 885 g/mol. The molecule has 0 rings (SSSR count). The van der Waals surface area contributed by atoms with Crippen molar-refractivity contribution in [2.75, 3.05) is 19.8 Å². The van der Waals surface area contributed by atoms with Crippen LogP contribution in [0.4, 0.5) is 0 Å². The maximum atomic E-state index is 12.9. The van der Waals surface area contributed by atoms with Crippen LogP contribution in [-0.4, -0.2) is 37.9 Å². The molecule has 0 aliphatic rings. The fourth-order valence-electron chi connectivity index (χ4n) is 8.80. The van der Waals surface area contributed by atoms with Crippen LogP contribution < -0.4 is 0 Å². The van der Waals surface area contributed by atoms with E-state index in [4.69, 9.17) is 14.2 Å². The zero-order valence-corrected chi connectivity index (χ0v) is 47.9. The van der Waals surface area contributed by atoms with Crippen molar-refractivity contribution >= 4 is 11.9 Å². The topological polar surface area (TPSA) is 61.8 Å². The van der Waals surface area contributed by atoms with Gasteiger partial charge in [-0.15, -0.1) is 0 Å². The van der Waals surface area contributed by atoms with Gasteiger partial charge in [0.05, 0.1) is 6.61 Å². The third-order valence-corrected chi connectivity index (χ3v) is 13.4. The largest absolute Gasteiger partial charge is 0.462 e. The first-order valence-corrected chi connectivity index (χ1v) is 31.1. The van der Waals surface area contributed by atoms with Crippen LogP contribution in [0.5, 0.6) is 0 Å². The first-order valence-electron chi connectivity index (χ1n) is 31.1. The first-order chi connectivity index (χ1) is 35.6. The average Bonchev–Trinajstić information content (AvgIpc) is 3.38. The van der Waals surface area contributed by atoms with E-state index in [9.17, 15) is 9.59 Å². The number of allylic oxidation sites excluding steroid dienone is 14. The standard InChI is InChI=1S/C67H118O5/c1-4-7-10-13-16-19-22-25-28-31-33-35-38-41-44-47-50-53-56-59-62-70-63-65(72-67(69)61-58-55-52-49-46-43-40-36-30-27-24-21-18-15-12-9-6-3)64-71-66(68)60-57-54-51-48-45-42-39-37-34-32-29-26-23-20-17-14-11-8-5-2/h8,11,16-17,19-20,25-26,28-29,33-35,37,65H,4-7,9-10,12-15,18,21-24,27,30-32,36,38-64H2,1-3H3/b11-8-,19-16-,20-17-,28-25-,29-26-,35-33-,37-34-. The van der Waals surface area contributed by atoms with E-state index in [2.05, 4.69) is 106 Å². The molecule has 1 unspecified atom stereocenters. The molecule has 5 heteroatoms. The van der Waals surface area contributed by atoms with E-state index in [0.717, 1.165) is 89.9 Å². The molecule has 0 aliphatic heterocycles. The lowest BCUT2D eigenvalue weighted by Crippen LogP contribution is -2.30. The van der Waals surface area contributed by atoms with E-state index in [-0.39, 0.29) is 25.2 Å². The summed E-state index contributed by atoms with van der Waals surface area (Å²) >= 11 is 0. The van der Waals surface area contributed by atoms with Crippen LogP contribution in [0.25, 0.3) is 0 Å². The van der Waals surface area contributed by atoms with Gasteiger partial charge in [0.15, 0.2) is 6.10 Å². The van der Waals surface area contributed by atoms with Gasteiger partial charge in [-0.25, -0.2) is 0 Å². The highest BCUT2D eigenvalue weighted by Crippen LogP contribution is 2.16. The summed E-state index contributed by atoms with van der Waals surface area (Å²) in [6, 6.07) is 0. The number of carbonyl (C=O) groups is 2. The second-order valence-electron chi connectivity index (χ2n) is 20.6. The monoisotopic (exact) mass is 1000 g/mol. The quantitative estimate of drug-likeness (QED) is 0.0345. The van der Waals surface area contributed by atoms with Crippen LogP contribution in [0.1, 0.15) is 303 Å². The molecule has 5 nitrogen and oxygen atoms in total. The van der Waals surface area contributed by atoms with Crippen molar-refractivity contribution in [3.8, 4) is 0 Å². The van der Waals surface area contributed by atoms with Crippen molar-refractivity contribution in [3.63, 3.8) is 0 Å². The van der Waals surface area contributed by atoms with Crippen molar-refractivity contribution in [1.82, 2.24) is 0 Å².